The van der Waals surface area contributed by atoms with Crippen LogP contribution in [0.5, 0.6) is 0 Å². The first-order chi connectivity index (χ1) is 24.9. The highest BCUT2D eigenvalue weighted by molar-refractivity contribution is 6.30. The van der Waals surface area contributed by atoms with E-state index >= 15 is 8.78 Å². The third-order valence-corrected chi connectivity index (χ3v) is 10.4. The van der Waals surface area contributed by atoms with E-state index < -0.39 is 17.7 Å². The number of hydrogen-bond acceptors (Lipinski definition) is 1. The molecule has 0 saturated carbocycles. The van der Waals surface area contributed by atoms with Crippen LogP contribution in [0.25, 0.3) is 87.2 Å². The van der Waals surface area contributed by atoms with Crippen LogP contribution < -0.4 is 0 Å². The number of benzene rings is 8. The van der Waals surface area contributed by atoms with Gasteiger partial charge in [-0.2, -0.15) is 13.2 Å². The lowest BCUT2D eigenvalue weighted by molar-refractivity contribution is -0.141. The number of pyridine rings is 1. The predicted molar refractivity (Wildman–Crippen MR) is 203 cm³/mol. The molecule has 0 bridgehead atoms. The van der Waals surface area contributed by atoms with Gasteiger partial charge in [0.05, 0.1) is 0 Å². The van der Waals surface area contributed by atoms with Crippen molar-refractivity contribution < 1.29 is 22.0 Å². The highest BCUT2D eigenvalue weighted by Crippen LogP contribution is 2.49. The summed E-state index contributed by atoms with van der Waals surface area (Å²) in [5, 5.41) is 7.81. The lowest BCUT2D eigenvalue weighted by Gasteiger charge is -2.22. The number of aromatic nitrogens is 1. The second-order valence-electron chi connectivity index (χ2n) is 14.5. The predicted octanol–water partition coefficient (Wildman–Crippen LogP) is 13.9. The van der Waals surface area contributed by atoms with Gasteiger partial charge in [0.25, 0.3) is 0 Å². The minimum absolute atomic E-state index is 0.0253. The Bertz CT molecular complexity index is 2860. The Labute approximate surface area is 296 Å². The summed E-state index contributed by atoms with van der Waals surface area (Å²) >= 11 is 0. The van der Waals surface area contributed by atoms with Crippen molar-refractivity contribution >= 4 is 53.9 Å². The van der Waals surface area contributed by atoms with E-state index in [2.05, 4.69) is 62.2 Å². The van der Waals surface area contributed by atoms with Crippen LogP contribution in [0.2, 0.25) is 0 Å². The second-order valence-corrected chi connectivity index (χ2v) is 14.5. The van der Waals surface area contributed by atoms with E-state index in [1.807, 2.05) is 42.5 Å². The Hall–Kier alpha value is -5.88. The van der Waals surface area contributed by atoms with Crippen LogP contribution >= 0.6 is 0 Å². The topological polar surface area (TPSA) is 12.9 Å². The smallest absolute Gasteiger partial charge is 0.251 e. The molecule has 0 aliphatic heterocycles. The molecule has 1 heterocycles. The number of fused-ring (bicyclic) bond motifs is 2. The molecule has 0 unspecified atom stereocenters. The van der Waals surface area contributed by atoms with Crippen molar-refractivity contribution in [3.05, 3.63) is 150 Å². The largest absolute Gasteiger partial charge is 0.433 e. The fourth-order valence-corrected chi connectivity index (χ4v) is 7.92. The van der Waals surface area contributed by atoms with Crippen LogP contribution in [0, 0.1) is 11.6 Å². The number of rotatable bonds is 3. The van der Waals surface area contributed by atoms with Crippen LogP contribution in [-0.4, -0.2) is 4.98 Å². The van der Waals surface area contributed by atoms with Gasteiger partial charge in [-0.25, -0.2) is 8.78 Å². The van der Waals surface area contributed by atoms with Gasteiger partial charge in [0.1, 0.15) is 17.3 Å². The average molecular weight is 692 g/mol. The van der Waals surface area contributed by atoms with E-state index in [0.717, 1.165) is 66.0 Å². The third kappa shape index (κ3) is 4.92. The summed E-state index contributed by atoms with van der Waals surface area (Å²) in [7, 11) is 0. The molecule has 0 fully saturated rings. The zero-order valence-electron chi connectivity index (χ0n) is 28.5. The number of hydrogen-bond donors (Lipinski definition) is 0. The molecule has 6 heteroatoms. The SMILES string of the molecule is CC(C)(C)c1ccc(-c2c3ccccc3c(-c3ccc4c(F)cc5c(-c6ccc(C(F)(F)F)nc6)ccc6ccc3c4c65)c3ccc(F)cc23)cc1. The highest BCUT2D eigenvalue weighted by atomic mass is 19.4. The van der Waals surface area contributed by atoms with Crippen molar-refractivity contribution in [3.8, 4) is 33.4 Å². The third-order valence-electron chi connectivity index (χ3n) is 10.4. The summed E-state index contributed by atoms with van der Waals surface area (Å²) < 4.78 is 71.3. The van der Waals surface area contributed by atoms with Gasteiger partial charge in [0.2, 0.25) is 0 Å². The molecule has 1 aromatic heterocycles. The van der Waals surface area contributed by atoms with Gasteiger partial charge in [-0.1, -0.05) is 118 Å². The minimum atomic E-state index is -4.57. The maximum atomic E-state index is 16.2. The van der Waals surface area contributed by atoms with E-state index in [0.29, 0.717) is 27.3 Å². The normalized spacial score (nSPS) is 12.6. The molecule has 0 N–H and O–H groups in total. The van der Waals surface area contributed by atoms with Crippen molar-refractivity contribution in [3.63, 3.8) is 0 Å². The van der Waals surface area contributed by atoms with Crippen LogP contribution in [0.3, 0.4) is 0 Å². The Balaban J connectivity index is 1.35. The summed E-state index contributed by atoms with van der Waals surface area (Å²) in [6, 6.07) is 36.7. The van der Waals surface area contributed by atoms with Gasteiger partial charge < -0.3 is 0 Å². The summed E-state index contributed by atoms with van der Waals surface area (Å²) in [5.74, 6) is -0.779. The van der Waals surface area contributed by atoms with E-state index in [9.17, 15) is 13.2 Å². The van der Waals surface area contributed by atoms with E-state index in [4.69, 9.17) is 0 Å². The van der Waals surface area contributed by atoms with Crippen molar-refractivity contribution in [2.24, 2.45) is 0 Å². The molecule has 0 saturated heterocycles. The molecule has 0 atom stereocenters. The number of nitrogens with zero attached hydrogens (tertiary/aromatic N) is 1. The Morgan fingerprint density at radius 1 is 0.500 bits per heavy atom. The molecular formula is C46H30F5N. The summed E-state index contributed by atoms with van der Waals surface area (Å²) in [6.07, 6.45) is -3.38. The second kappa shape index (κ2) is 11.3. The Morgan fingerprint density at radius 3 is 1.83 bits per heavy atom. The zero-order chi connectivity index (χ0) is 36.1. The first kappa shape index (κ1) is 32.1. The van der Waals surface area contributed by atoms with Crippen molar-refractivity contribution in [1.82, 2.24) is 4.98 Å². The maximum Gasteiger partial charge on any atom is 0.433 e. The molecule has 1 nitrogen and oxygen atoms in total. The van der Waals surface area contributed by atoms with Gasteiger partial charge in [0.15, 0.2) is 0 Å². The molecule has 0 spiro atoms. The molecule has 0 aliphatic rings. The average Bonchev–Trinajstić information content (AvgIpc) is 3.12. The lowest BCUT2D eigenvalue weighted by Crippen LogP contribution is -2.10. The summed E-state index contributed by atoms with van der Waals surface area (Å²) in [4.78, 5) is 3.67. The Morgan fingerprint density at radius 2 is 1.13 bits per heavy atom. The molecule has 8 aromatic carbocycles. The number of halogens is 5. The molecule has 9 aromatic rings. The first-order valence-corrected chi connectivity index (χ1v) is 17.1. The summed E-state index contributed by atoms with van der Waals surface area (Å²) in [5.41, 5.74) is 4.92. The van der Waals surface area contributed by atoms with Gasteiger partial charge in [-0.15, -0.1) is 0 Å². The van der Waals surface area contributed by atoms with Crippen molar-refractivity contribution in [1.29, 1.82) is 0 Å². The lowest BCUT2D eigenvalue weighted by atomic mass is 9.82. The fraction of sp³-hybridized carbons (Fsp3) is 0.109. The van der Waals surface area contributed by atoms with Crippen molar-refractivity contribution in [2.75, 3.05) is 0 Å². The molecule has 254 valence electrons. The van der Waals surface area contributed by atoms with Gasteiger partial charge in [-0.05, 0) is 106 Å². The molecular weight excluding hydrogens is 662 g/mol. The number of alkyl halides is 3. The molecule has 52 heavy (non-hydrogen) atoms. The quantitative estimate of drug-likeness (QED) is 0.102. The maximum absolute atomic E-state index is 16.2. The molecule has 0 radical (unpaired) electrons. The molecule has 0 aliphatic carbocycles. The first-order valence-electron chi connectivity index (χ1n) is 17.1. The van der Waals surface area contributed by atoms with Crippen LogP contribution in [0.15, 0.2) is 128 Å². The molecule has 9 rings (SSSR count). The monoisotopic (exact) mass is 691 g/mol. The van der Waals surface area contributed by atoms with Gasteiger partial charge in [0, 0.05) is 22.5 Å². The standard InChI is InChI=1S/C46H30F5N/c1-45(2,3)28-13-8-25(9-14-28)41-31-6-4-5-7-32(31)43(35-18-15-29(47)22-37(35)41)33-19-20-36-39(48)23-38-30(27-12-21-40(52-24-27)46(49,50)51)16-10-26-11-17-34(33)44(36)42(26)38/h4-24H,1-3H3. The van der Waals surface area contributed by atoms with Crippen LogP contribution in [0.1, 0.15) is 32.0 Å². The van der Waals surface area contributed by atoms with Gasteiger partial charge in [-0.3, -0.25) is 4.98 Å². The van der Waals surface area contributed by atoms with Crippen molar-refractivity contribution in [2.45, 2.75) is 32.4 Å². The minimum Gasteiger partial charge on any atom is -0.251 e. The summed E-state index contributed by atoms with van der Waals surface area (Å²) in [6.45, 7) is 6.52. The fourth-order valence-electron chi connectivity index (χ4n) is 7.92. The van der Waals surface area contributed by atoms with E-state index in [1.165, 1.54) is 30.0 Å². The van der Waals surface area contributed by atoms with E-state index in [1.54, 1.807) is 18.2 Å². The van der Waals surface area contributed by atoms with Crippen LogP contribution in [-0.2, 0) is 11.6 Å². The van der Waals surface area contributed by atoms with Crippen LogP contribution in [0.4, 0.5) is 22.0 Å². The highest BCUT2D eigenvalue weighted by Gasteiger charge is 2.32. The Kier molecular flexibility index (Phi) is 6.97. The molecule has 0 amide bonds. The van der Waals surface area contributed by atoms with Gasteiger partial charge >= 0.3 is 6.18 Å². The van der Waals surface area contributed by atoms with E-state index in [-0.39, 0.29) is 11.2 Å². The zero-order valence-corrected chi connectivity index (χ0v) is 28.5.